The summed E-state index contributed by atoms with van der Waals surface area (Å²) in [7, 11) is 0. The second-order valence-electron chi connectivity index (χ2n) is 7.39. The molecule has 4 N–H and O–H groups in total. The van der Waals surface area contributed by atoms with Gasteiger partial charge in [0.1, 0.15) is 5.69 Å². The summed E-state index contributed by atoms with van der Waals surface area (Å²) in [5.74, 6) is -6.67. The Morgan fingerprint density at radius 3 is 2.55 bits per heavy atom. The van der Waals surface area contributed by atoms with Crippen LogP contribution in [-0.2, 0) is 33.6 Å². The number of β-lactam (4-membered cyclic amide) rings is 1. The third kappa shape index (κ3) is 4.22. The summed E-state index contributed by atoms with van der Waals surface area (Å²) in [6.07, 6.45) is -0.282. The van der Waals surface area contributed by atoms with Gasteiger partial charge in [-0.05, 0) is 13.8 Å². The number of amides is 1. The Morgan fingerprint density at radius 1 is 1.42 bits per heavy atom. The molecule has 0 saturated carbocycles. The molecule has 13 nitrogen and oxygen atoms in total. The maximum absolute atomic E-state index is 13.0. The average molecular weight is 456 g/mol. The molecule has 1 amide bonds. The van der Waals surface area contributed by atoms with Crippen LogP contribution in [0.3, 0.4) is 0 Å². The molecule has 3 rings (SSSR count). The molecule has 1 unspecified atom stereocenters. The first-order valence-corrected chi connectivity index (χ1v) is 9.93. The van der Waals surface area contributed by atoms with Crippen molar-refractivity contribution in [1.82, 2.24) is 10.0 Å². The molecule has 1 aromatic heterocycles. The highest BCUT2D eigenvalue weighted by atomic mass is 32.1. The van der Waals surface area contributed by atoms with Crippen LogP contribution in [0, 0.1) is 5.92 Å². The number of oxime groups is 1. The summed E-state index contributed by atoms with van der Waals surface area (Å²) in [5, 5.41) is 24.2. The molecule has 31 heavy (non-hydrogen) atoms. The largest absolute Gasteiger partial charge is 0.479 e. The van der Waals surface area contributed by atoms with E-state index in [2.05, 4.69) is 10.1 Å². The highest BCUT2D eigenvalue weighted by Crippen LogP contribution is 2.40. The first-order chi connectivity index (χ1) is 14.5. The molecule has 2 fully saturated rings. The Bertz CT molecular complexity index is 953. The number of carbonyl (C=O) groups is 4. The molecule has 2 atom stereocenters. The zero-order valence-electron chi connectivity index (χ0n) is 16.6. The van der Waals surface area contributed by atoms with Crippen LogP contribution in [-0.4, -0.2) is 74.1 Å². The number of aromatic nitrogens is 1. The van der Waals surface area contributed by atoms with Crippen molar-refractivity contribution in [1.29, 1.82) is 0 Å². The van der Waals surface area contributed by atoms with Gasteiger partial charge in [-0.25, -0.2) is 19.6 Å². The van der Waals surface area contributed by atoms with Crippen molar-refractivity contribution in [2.24, 2.45) is 11.1 Å². The van der Waals surface area contributed by atoms with Gasteiger partial charge < -0.3 is 25.5 Å². The van der Waals surface area contributed by atoms with E-state index >= 15 is 0 Å². The van der Waals surface area contributed by atoms with Gasteiger partial charge in [-0.3, -0.25) is 14.4 Å². The minimum Gasteiger partial charge on any atom is -0.479 e. The number of thiazole rings is 1. The second kappa shape index (κ2) is 8.20. The van der Waals surface area contributed by atoms with E-state index in [9.17, 15) is 24.3 Å². The summed E-state index contributed by atoms with van der Waals surface area (Å²) >= 11 is 1.04. The molecule has 0 radical (unpaired) electrons. The van der Waals surface area contributed by atoms with Crippen LogP contribution in [0.5, 0.6) is 0 Å². The zero-order chi connectivity index (χ0) is 23.0. The Morgan fingerprint density at radius 2 is 2.10 bits per heavy atom. The van der Waals surface area contributed by atoms with Crippen LogP contribution in [0.25, 0.3) is 0 Å². The molecular formula is C17H20N4O9S. The lowest BCUT2D eigenvalue weighted by Crippen LogP contribution is -2.68. The van der Waals surface area contributed by atoms with Crippen LogP contribution in [0.1, 0.15) is 32.4 Å². The van der Waals surface area contributed by atoms with E-state index in [1.807, 2.05) is 0 Å². The Balaban J connectivity index is 1.78. The summed E-state index contributed by atoms with van der Waals surface area (Å²) < 4.78 is 4.97. The lowest BCUT2D eigenvalue weighted by molar-refractivity contribution is -0.299. The summed E-state index contributed by atoms with van der Waals surface area (Å²) in [5.41, 5.74) is 4.41. The minimum absolute atomic E-state index is 0.0382. The molecule has 2 saturated heterocycles. The average Bonchev–Trinajstić information content (AvgIpc) is 3.06. The Hall–Kier alpha value is -3.10. The number of hydroxylamine groups is 2. The molecule has 1 aromatic rings. The van der Waals surface area contributed by atoms with Crippen molar-refractivity contribution in [2.75, 3.05) is 18.9 Å². The number of Topliss-reactive ketones (excluding diaryl/α,β-unsaturated/α-hetero) is 1. The molecule has 2 aliphatic heterocycles. The van der Waals surface area contributed by atoms with Gasteiger partial charge >= 0.3 is 17.7 Å². The molecule has 0 bridgehead atoms. The maximum atomic E-state index is 13.0. The normalized spacial score (nSPS) is 24.8. The van der Waals surface area contributed by atoms with Crippen molar-refractivity contribution >= 4 is 45.8 Å². The van der Waals surface area contributed by atoms with Gasteiger partial charge in [-0.15, -0.1) is 11.3 Å². The molecule has 0 spiro atoms. The molecular weight excluding hydrogens is 436 g/mol. The predicted octanol–water partition coefficient (Wildman–Crippen LogP) is -0.140. The first-order valence-electron chi connectivity index (χ1n) is 9.05. The van der Waals surface area contributed by atoms with E-state index in [1.54, 1.807) is 13.8 Å². The summed E-state index contributed by atoms with van der Waals surface area (Å²) in [6.45, 7) is 2.69. The topological polar surface area (TPSA) is 191 Å². The Labute approximate surface area is 179 Å². The van der Waals surface area contributed by atoms with Gasteiger partial charge in [-0.1, -0.05) is 5.16 Å². The number of hydrogen-bond acceptors (Lipinski definition) is 11. The van der Waals surface area contributed by atoms with E-state index < -0.39 is 47.5 Å². The molecule has 3 heterocycles. The number of aliphatic carboxylic acids is 2. The SMILES string of the molecule is CC1(C)[C@H](CC(=O)/C(=N\OC2(C(=O)O)CCO2)c2csc(N)n2)C(=O)N1OCC(=O)O. The van der Waals surface area contributed by atoms with Crippen LogP contribution < -0.4 is 5.73 Å². The number of nitrogens with two attached hydrogens (primary N) is 1. The number of nitrogen functional groups attached to an aromatic ring is 1. The predicted molar refractivity (Wildman–Crippen MR) is 103 cm³/mol. The van der Waals surface area contributed by atoms with Crippen molar-refractivity contribution in [3.05, 3.63) is 11.1 Å². The fraction of sp³-hybridized carbons (Fsp3) is 0.529. The molecule has 168 valence electrons. The van der Waals surface area contributed by atoms with Crippen LogP contribution in [0.4, 0.5) is 5.13 Å². The van der Waals surface area contributed by atoms with E-state index in [4.69, 9.17) is 25.3 Å². The van der Waals surface area contributed by atoms with E-state index in [1.165, 1.54) is 5.38 Å². The third-order valence-electron chi connectivity index (χ3n) is 4.99. The number of carboxylic acid groups (broad SMARTS) is 2. The molecule has 14 heteroatoms. The Kier molecular flexibility index (Phi) is 5.98. The third-order valence-corrected chi connectivity index (χ3v) is 5.66. The fourth-order valence-corrected chi connectivity index (χ4v) is 3.64. The number of ether oxygens (including phenoxy) is 1. The lowest BCUT2D eigenvalue weighted by Gasteiger charge is -2.51. The smallest absolute Gasteiger partial charge is 0.379 e. The number of rotatable bonds is 10. The van der Waals surface area contributed by atoms with E-state index in [0.717, 1.165) is 16.4 Å². The van der Waals surface area contributed by atoms with Crippen LogP contribution in [0.15, 0.2) is 10.5 Å². The highest BCUT2D eigenvalue weighted by molar-refractivity contribution is 7.13. The van der Waals surface area contributed by atoms with E-state index in [0.29, 0.717) is 0 Å². The van der Waals surface area contributed by atoms with Crippen molar-refractivity contribution in [3.63, 3.8) is 0 Å². The molecule has 0 aromatic carbocycles. The second-order valence-corrected chi connectivity index (χ2v) is 8.28. The van der Waals surface area contributed by atoms with Gasteiger partial charge in [0.05, 0.1) is 24.5 Å². The van der Waals surface area contributed by atoms with Crippen LogP contribution in [0.2, 0.25) is 0 Å². The van der Waals surface area contributed by atoms with Gasteiger partial charge in [0.15, 0.2) is 23.2 Å². The molecule has 0 aliphatic carbocycles. The zero-order valence-corrected chi connectivity index (χ0v) is 17.4. The number of carbonyl (C=O) groups excluding carboxylic acids is 2. The fourth-order valence-electron chi connectivity index (χ4n) is 3.10. The molecule has 2 aliphatic rings. The monoisotopic (exact) mass is 456 g/mol. The number of nitrogens with zero attached hydrogens (tertiary/aromatic N) is 3. The maximum Gasteiger partial charge on any atom is 0.379 e. The number of ketones is 1. The number of hydrogen-bond donors (Lipinski definition) is 3. The number of anilines is 1. The van der Waals surface area contributed by atoms with Crippen molar-refractivity contribution in [3.8, 4) is 0 Å². The van der Waals surface area contributed by atoms with E-state index in [-0.39, 0.29) is 36.0 Å². The first kappa shape index (κ1) is 22.6. The summed E-state index contributed by atoms with van der Waals surface area (Å²) in [4.78, 5) is 61.5. The standard InChI is InChI=1S/C17H20N4O9S/c1-16(2)8(13(25)21(16)29-6-11(23)24)5-10(22)12(9-7-31-15(18)19-9)20-30-17(14(26)27)3-4-28-17/h7-8H,3-6H2,1-2H3,(H2,18,19)(H,23,24)(H,26,27)/b20-12-/t8-,17?/m1/s1. The minimum atomic E-state index is -1.99. The van der Waals surface area contributed by atoms with Gasteiger partial charge in [0.25, 0.3) is 5.91 Å². The van der Waals surface area contributed by atoms with Gasteiger partial charge in [0, 0.05) is 11.8 Å². The summed E-state index contributed by atoms with van der Waals surface area (Å²) in [6, 6.07) is 0. The van der Waals surface area contributed by atoms with Gasteiger partial charge in [-0.2, -0.15) is 0 Å². The van der Waals surface area contributed by atoms with Crippen molar-refractivity contribution in [2.45, 2.75) is 38.0 Å². The van der Waals surface area contributed by atoms with Gasteiger partial charge in [0.2, 0.25) is 0 Å². The van der Waals surface area contributed by atoms with Crippen molar-refractivity contribution < 1.29 is 43.8 Å². The lowest BCUT2D eigenvalue weighted by atomic mass is 9.74. The highest BCUT2D eigenvalue weighted by Gasteiger charge is 2.56. The quantitative estimate of drug-likeness (QED) is 0.241. The number of carboxylic acids is 2. The van der Waals surface area contributed by atoms with Crippen LogP contribution >= 0.6 is 11.3 Å².